The molecule has 0 radical (unpaired) electrons. The second kappa shape index (κ2) is 5.48. The summed E-state index contributed by atoms with van der Waals surface area (Å²) in [5.74, 6) is 5.84. The Balaban J connectivity index is 2.12. The first-order chi connectivity index (χ1) is 8.13. The van der Waals surface area contributed by atoms with Crippen molar-refractivity contribution in [3.8, 4) is 0 Å². The highest BCUT2D eigenvalue weighted by Crippen LogP contribution is 2.24. The number of nitrogens with two attached hydrogens (primary N) is 1. The summed E-state index contributed by atoms with van der Waals surface area (Å²) in [4.78, 5) is 1.17. The van der Waals surface area contributed by atoms with Crippen molar-refractivity contribution in [2.24, 2.45) is 5.84 Å². The summed E-state index contributed by atoms with van der Waals surface area (Å²) < 4.78 is 24.0. The molecule has 1 aromatic heterocycles. The molecule has 0 bridgehead atoms. The first-order valence-corrected chi connectivity index (χ1v) is 8.43. The van der Waals surface area contributed by atoms with E-state index in [2.05, 4.69) is 5.43 Å². The van der Waals surface area contributed by atoms with E-state index in [-0.39, 0.29) is 11.3 Å². The number of thiophene rings is 1. The summed E-state index contributed by atoms with van der Waals surface area (Å²) in [7, 11) is -2.98. The van der Waals surface area contributed by atoms with E-state index in [4.69, 9.17) is 5.84 Å². The highest BCUT2D eigenvalue weighted by Gasteiger charge is 2.35. The average Bonchev–Trinajstić information content (AvgIpc) is 2.79. The standard InChI is InChI=1S/C11H18N2O2S2/c12-13-10(8-9-4-3-6-16-9)11-5-1-2-7-17(11,14)15/h3-4,6,10-11,13H,1-2,5,7-8,12H2. The van der Waals surface area contributed by atoms with Gasteiger partial charge in [0.25, 0.3) is 0 Å². The van der Waals surface area contributed by atoms with Crippen LogP contribution < -0.4 is 11.3 Å². The van der Waals surface area contributed by atoms with Crippen molar-refractivity contribution < 1.29 is 8.42 Å². The van der Waals surface area contributed by atoms with E-state index in [1.165, 1.54) is 4.88 Å². The van der Waals surface area contributed by atoms with E-state index in [0.29, 0.717) is 12.2 Å². The lowest BCUT2D eigenvalue weighted by atomic mass is 10.0. The quantitative estimate of drug-likeness (QED) is 0.637. The molecule has 1 aliphatic rings. The molecule has 17 heavy (non-hydrogen) atoms. The molecule has 0 spiro atoms. The number of hydrogen-bond acceptors (Lipinski definition) is 5. The normalized spacial score (nSPS) is 25.6. The van der Waals surface area contributed by atoms with Gasteiger partial charge < -0.3 is 0 Å². The second-order valence-electron chi connectivity index (χ2n) is 4.46. The van der Waals surface area contributed by atoms with Crippen molar-refractivity contribution in [1.82, 2.24) is 5.43 Å². The molecule has 1 aliphatic heterocycles. The zero-order chi connectivity index (χ0) is 12.3. The van der Waals surface area contributed by atoms with Crippen LogP contribution in [0, 0.1) is 0 Å². The van der Waals surface area contributed by atoms with Crippen LogP contribution in [0.5, 0.6) is 0 Å². The molecule has 1 fully saturated rings. The maximum atomic E-state index is 12.0. The van der Waals surface area contributed by atoms with Crippen LogP contribution in [0.3, 0.4) is 0 Å². The number of rotatable bonds is 4. The molecule has 4 nitrogen and oxygen atoms in total. The Bertz CT molecular complexity index is 442. The van der Waals surface area contributed by atoms with Crippen molar-refractivity contribution in [1.29, 1.82) is 0 Å². The van der Waals surface area contributed by atoms with Gasteiger partial charge in [-0.3, -0.25) is 11.3 Å². The molecule has 0 aliphatic carbocycles. The number of hydrogen-bond donors (Lipinski definition) is 2. The average molecular weight is 274 g/mol. The zero-order valence-corrected chi connectivity index (χ0v) is 11.3. The van der Waals surface area contributed by atoms with Gasteiger partial charge in [0, 0.05) is 10.9 Å². The lowest BCUT2D eigenvalue weighted by Crippen LogP contribution is -2.50. The molecule has 1 saturated heterocycles. The fourth-order valence-corrected chi connectivity index (χ4v) is 5.25. The Labute approximate surface area is 106 Å². The van der Waals surface area contributed by atoms with Crippen LogP contribution in [0.1, 0.15) is 24.1 Å². The molecular weight excluding hydrogens is 256 g/mol. The minimum atomic E-state index is -2.98. The number of nitrogens with one attached hydrogen (secondary N) is 1. The van der Waals surface area contributed by atoms with Gasteiger partial charge in [-0.1, -0.05) is 12.5 Å². The SMILES string of the molecule is NNC(Cc1cccs1)C1CCCCS1(=O)=O. The monoisotopic (exact) mass is 274 g/mol. The minimum absolute atomic E-state index is 0.168. The van der Waals surface area contributed by atoms with Crippen LogP contribution in [0.4, 0.5) is 0 Å². The summed E-state index contributed by atoms with van der Waals surface area (Å²) in [6.07, 6.45) is 3.18. The summed E-state index contributed by atoms with van der Waals surface area (Å²) >= 11 is 1.64. The summed E-state index contributed by atoms with van der Waals surface area (Å²) in [6, 6.07) is 3.83. The Kier molecular flexibility index (Phi) is 4.19. The number of hydrazine groups is 1. The largest absolute Gasteiger partial charge is 0.271 e. The molecule has 2 rings (SSSR count). The van der Waals surface area contributed by atoms with Gasteiger partial charge in [-0.2, -0.15) is 0 Å². The van der Waals surface area contributed by atoms with E-state index < -0.39 is 9.84 Å². The highest BCUT2D eigenvalue weighted by molar-refractivity contribution is 7.92. The van der Waals surface area contributed by atoms with E-state index in [0.717, 1.165) is 19.3 Å². The first kappa shape index (κ1) is 13.0. The predicted octanol–water partition coefficient (Wildman–Crippen LogP) is 1.09. The Morgan fingerprint density at radius 1 is 1.53 bits per heavy atom. The molecule has 6 heteroatoms. The molecule has 2 unspecified atom stereocenters. The lowest BCUT2D eigenvalue weighted by molar-refractivity contribution is 0.442. The van der Waals surface area contributed by atoms with Crippen LogP contribution in [-0.4, -0.2) is 25.5 Å². The molecule has 1 aromatic rings. The zero-order valence-electron chi connectivity index (χ0n) is 9.63. The fourth-order valence-electron chi connectivity index (χ4n) is 2.37. The molecule has 0 aromatic carbocycles. The van der Waals surface area contributed by atoms with Crippen molar-refractivity contribution in [2.75, 3.05) is 5.75 Å². The Morgan fingerprint density at radius 3 is 2.94 bits per heavy atom. The van der Waals surface area contributed by atoms with Crippen LogP contribution in [0.15, 0.2) is 17.5 Å². The second-order valence-corrected chi connectivity index (χ2v) is 7.83. The van der Waals surface area contributed by atoms with Crippen molar-refractivity contribution in [3.63, 3.8) is 0 Å². The highest BCUT2D eigenvalue weighted by atomic mass is 32.2. The lowest BCUT2D eigenvalue weighted by Gasteiger charge is -2.29. The van der Waals surface area contributed by atoms with Gasteiger partial charge in [0.15, 0.2) is 9.84 Å². The van der Waals surface area contributed by atoms with Crippen LogP contribution in [-0.2, 0) is 16.3 Å². The van der Waals surface area contributed by atoms with Gasteiger partial charge in [0.2, 0.25) is 0 Å². The fraction of sp³-hybridized carbons (Fsp3) is 0.636. The first-order valence-electron chi connectivity index (χ1n) is 5.83. The van der Waals surface area contributed by atoms with E-state index in [1.807, 2.05) is 17.5 Å². The van der Waals surface area contributed by atoms with Crippen molar-refractivity contribution in [3.05, 3.63) is 22.4 Å². The minimum Gasteiger partial charge on any atom is -0.271 e. The molecule has 3 N–H and O–H groups in total. The molecule has 2 atom stereocenters. The predicted molar refractivity (Wildman–Crippen MR) is 70.6 cm³/mol. The maximum Gasteiger partial charge on any atom is 0.154 e. The third kappa shape index (κ3) is 3.07. The molecule has 0 amide bonds. The van der Waals surface area contributed by atoms with E-state index in [9.17, 15) is 8.42 Å². The smallest absolute Gasteiger partial charge is 0.154 e. The molecular formula is C11H18N2O2S2. The summed E-state index contributed by atoms with van der Waals surface area (Å²) in [5, 5.41) is 1.67. The molecule has 96 valence electrons. The Morgan fingerprint density at radius 2 is 2.35 bits per heavy atom. The third-order valence-corrected chi connectivity index (χ3v) is 6.54. The third-order valence-electron chi connectivity index (χ3n) is 3.29. The van der Waals surface area contributed by atoms with Crippen molar-refractivity contribution in [2.45, 2.75) is 37.0 Å². The number of sulfone groups is 1. The summed E-state index contributed by atoms with van der Waals surface area (Å²) in [6.45, 7) is 0. The van der Waals surface area contributed by atoms with Gasteiger partial charge in [0.05, 0.1) is 11.0 Å². The molecule has 0 saturated carbocycles. The van der Waals surface area contributed by atoms with Crippen LogP contribution in [0.2, 0.25) is 0 Å². The Hall–Kier alpha value is -0.430. The maximum absolute atomic E-state index is 12.0. The van der Waals surface area contributed by atoms with Crippen LogP contribution >= 0.6 is 11.3 Å². The summed E-state index contributed by atoms with van der Waals surface area (Å²) in [5.41, 5.74) is 2.69. The van der Waals surface area contributed by atoms with Gasteiger partial charge in [0.1, 0.15) is 0 Å². The van der Waals surface area contributed by atoms with Gasteiger partial charge in [-0.25, -0.2) is 8.42 Å². The van der Waals surface area contributed by atoms with Gasteiger partial charge >= 0.3 is 0 Å². The van der Waals surface area contributed by atoms with Crippen LogP contribution in [0.25, 0.3) is 0 Å². The van der Waals surface area contributed by atoms with Gasteiger partial charge in [-0.15, -0.1) is 11.3 Å². The van der Waals surface area contributed by atoms with Crippen molar-refractivity contribution >= 4 is 21.2 Å². The molecule has 2 heterocycles. The topological polar surface area (TPSA) is 72.2 Å². The van der Waals surface area contributed by atoms with E-state index in [1.54, 1.807) is 11.3 Å². The van der Waals surface area contributed by atoms with E-state index >= 15 is 0 Å². The van der Waals surface area contributed by atoms with Gasteiger partial charge in [-0.05, 0) is 30.7 Å².